The van der Waals surface area contributed by atoms with Crippen LogP contribution in [-0.4, -0.2) is 62.0 Å². The van der Waals surface area contributed by atoms with Crippen molar-refractivity contribution in [3.05, 3.63) is 0 Å². The molecule has 0 unspecified atom stereocenters. The highest BCUT2D eigenvalue weighted by Gasteiger charge is 2.13. The van der Waals surface area contributed by atoms with Crippen LogP contribution in [0.1, 0.15) is 19.8 Å². The lowest BCUT2D eigenvalue weighted by molar-refractivity contribution is 0.295. The van der Waals surface area contributed by atoms with E-state index < -0.39 is 31.7 Å². The lowest BCUT2D eigenvalue weighted by atomic mass is 10.3. The smallest absolute Gasteiger partial charge is 0.266 e. The monoisotopic (exact) mass is 289 g/mol. The summed E-state index contributed by atoms with van der Waals surface area (Å²) in [5.41, 5.74) is 0. The number of hydrogen-bond acceptors (Lipinski definition) is 5. The molecule has 0 aliphatic heterocycles. The molecule has 0 atom stereocenters. The molecule has 0 fully saturated rings. The van der Waals surface area contributed by atoms with E-state index in [1.165, 1.54) is 0 Å². The Balaban J connectivity index is 4.23. The summed E-state index contributed by atoms with van der Waals surface area (Å²) in [5, 5.41) is 0. The first kappa shape index (κ1) is 16.8. The minimum absolute atomic E-state index is 0.0500. The van der Waals surface area contributed by atoms with E-state index in [0.717, 1.165) is 12.8 Å². The van der Waals surface area contributed by atoms with Gasteiger partial charge in [-0.2, -0.15) is 16.8 Å². The largest absolute Gasteiger partial charge is 0.301 e. The number of rotatable bonds is 9. The molecule has 0 aromatic carbocycles. The highest BCUT2D eigenvalue weighted by atomic mass is 32.2. The van der Waals surface area contributed by atoms with Gasteiger partial charge in [0.2, 0.25) is 0 Å². The molecular formula is C8H19NO6S2. The van der Waals surface area contributed by atoms with E-state index in [0.29, 0.717) is 6.54 Å². The quantitative estimate of drug-likeness (QED) is 0.568. The summed E-state index contributed by atoms with van der Waals surface area (Å²) in [4.78, 5) is 1.59. The van der Waals surface area contributed by atoms with Gasteiger partial charge in [-0.1, -0.05) is 13.3 Å². The standard InChI is InChI=1S/C8H19NO6S2/c1-2-3-4-9(5-7-16(10,11)12)6-8-17(13,14)15/h2-8H2,1H3,(H,10,11,12)(H,13,14,15). The molecule has 17 heavy (non-hydrogen) atoms. The minimum Gasteiger partial charge on any atom is -0.301 e. The molecule has 0 spiro atoms. The Hall–Kier alpha value is -0.220. The van der Waals surface area contributed by atoms with Crippen molar-refractivity contribution >= 4 is 20.2 Å². The fraction of sp³-hybridized carbons (Fsp3) is 1.00. The van der Waals surface area contributed by atoms with Crippen LogP contribution in [0.2, 0.25) is 0 Å². The van der Waals surface area contributed by atoms with Gasteiger partial charge in [0.1, 0.15) is 0 Å². The van der Waals surface area contributed by atoms with Crippen molar-refractivity contribution in [1.82, 2.24) is 4.90 Å². The summed E-state index contributed by atoms with van der Waals surface area (Å²) in [6.07, 6.45) is 1.67. The molecule has 0 amide bonds. The minimum atomic E-state index is -4.05. The molecule has 0 bridgehead atoms. The number of unbranched alkanes of at least 4 members (excludes halogenated alkanes) is 1. The lowest BCUT2D eigenvalue weighted by Gasteiger charge is -2.20. The van der Waals surface area contributed by atoms with Gasteiger partial charge >= 0.3 is 0 Å². The van der Waals surface area contributed by atoms with Crippen molar-refractivity contribution in [1.29, 1.82) is 0 Å². The first-order valence-electron chi connectivity index (χ1n) is 5.26. The molecule has 7 nitrogen and oxygen atoms in total. The molecule has 104 valence electrons. The van der Waals surface area contributed by atoms with Crippen molar-refractivity contribution in [2.45, 2.75) is 19.8 Å². The van der Waals surface area contributed by atoms with Crippen molar-refractivity contribution < 1.29 is 25.9 Å². The molecule has 0 saturated heterocycles. The fourth-order valence-electron chi connectivity index (χ4n) is 1.21. The predicted molar refractivity (Wildman–Crippen MR) is 64.2 cm³/mol. The maximum atomic E-state index is 10.6. The summed E-state index contributed by atoms with van der Waals surface area (Å²) in [6, 6.07) is 0. The van der Waals surface area contributed by atoms with Crippen molar-refractivity contribution in [2.75, 3.05) is 31.1 Å². The second-order valence-corrected chi connectivity index (χ2v) is 6.91. The second kappa shape index (κ2) is 7.27. The summed E-state index contributed by atoms with van der Waals surface area (Å²) >= 11 is 0. The third kappa shape index (κ3) is 12.0. The third-order valence-electron chi connectivity index (χ3n) is 2.16. The number of nitrogens with zero attached hydrogens (tertiary/aromatic N) is 1. The molecular weight excluding hydrogens is 270 g/mol. The van der Waals surface area contributed by atoms with E-state index in [1.807, 2.05) is 6.92 Å². The average molecular weight is 289 g/mol. The van der Waals surface area contributed by atoms with Gasteiger partial charge in [-0.15, -0.1) is 0 Å². The van der Waals surface area contributed by atoms with Crippen LogP contribution in [0.3, 0.4) is 0 Å². The van der Waals surface area contributed by atoms with Crippen molar-refractivity contribution in [3.8, 4) is 0 Å². The van der Waals surface area contributed by atoms with Crippen LogP contribution in [0.25, 0.3) is 0 Å². The van der Waals surface area contributed by atoms with E-state index in [4.69, 9.17) is 9.11 Å². The normalized spacial score (nSPS) is 13.2. The average Bonchev–Trinajstić information content (AvgIpc) is 2.13. The molecule has 0 heterocycles. The number of hydrogen-bond donors (Lipinski definition) is 2. The first-order valence-corrected chi connectivity index (χ1v) is 8.48. The SMILES string of the molecule is CCCCN(CCS(=O)(=O)O)CCS(=O)(=O)O. The maximum Gasteiger partial charge on any atom is 0.266 e. The fourth-order valence-corrected chi connectivity index (χ4v) is 2.18. The summed E-state index contributed by atoms with van der Waals surface area (Å²) in [7, 11) is -8.10. The zero-order chi connectivity index (χ0) is 13.5. The van der Waals surface area contributed by atoms with Gasteiger partial charge in [0.15, 0.2) is 0 Å². The molecule has 0 rings (SSSR count). The van der Waals surface area contributed by atoms with Gasteiger partial charge in [-0.25, -0.2) is 0 Å². The summed E-state index contributed by atoms with van der Waals surface area (Å²) < 4.78 is 59.5. The Kier molecular flexibility index (Phi) is 7.17. The van der Waals surface area contributed by atoms with Crippen molar-refractivity contribution in [2.24, 2.45) is 0 Å². The third-order valence-corrected chi connectivity index (χ3v) is 3.56. The van der Waals surface area contributed by atoms with Gasteiger partial charge in [-0.3, -0.25) is 9.11 Å². The lowest BCUT2D eigenvalue weighted by Crippen LogP contribution is -2.34. The molecule has 0 aliphatic rings. The van der Waals surface area contributed by atoms with Gasteiger partial charge < -0.3 is 4.90 Å². The van der Waals surface area contributed by atoms with Crippen LogP contribution in [0.15, 0.2) is 0 Å². The zero-order valence-corrected chi connectivity index (χ0v) is 11.4. The van der Waals surface area contributed by atoms with E-state index in [-0.39, 0.29) is 13.1 Å². The predicted octanol–water partition coefficient (Wildman–Crippen LogP) is -0.136. The molecule has 9 heteroatoms. The van der Waals surface area contributed by atoms with Gasteiger partial charge in [0.25, 0.3) is 20.2 Å². The van der Waals surface area contributed by atoms with Crippen molar-refractivity contribution in [3.63, 3.8) is 0 Å². The molecule has 0 aromatic heterocycles. The topological polar surface area (TPSA) is 112 Å². The highest BCUT2D eigenvalue weighted by molar-refractivity contribution is 7.86. The Morgan fingerprint density at radius 3 is 1.59 bits per heavy atom. The van der Waals surface area contributed by atoms with Crippen LogP contribution in [0.5, 0.6) is 0 Å². The van der Waals surface area contributed by atoms with Crippen LogP contribution in [0, 0.1) is 0 Å². The van der Waals surface area contributed by atoms with E-state index in [2.05, 4.69) is 0 Å². The van der Waals surface area contributed by atoms with Crippen LogP contribution in [0.4, 0.5) is 0 Å². The van der Waals surface area contributed by atoms with Crippen LogP contribution in [-0.2, 0) is 20.2 Å². The Morgan fingerprint density at radius 1 is 0.882 bits per heavy atom. The maximum absolute atomic E-state index is 10.6. The molecule has 0 radical (unpaired) electrons. The van der Waals surface area contributed by atoms with Crippen LogP contribution >= 0.6 is 0 Å². The molecule has 0 aromatic rings. The Labute approximate surface area is 102 Å². The first-order chi connectivity index (χ1) is 7.64. The van der Waals surface area contributed by atoms with Gasteiger partial charge in [0.05, 0.1) is 11.5 Å². The summed E-state index contributed by atoms with van der Waals surface area (Å²) in [6.45, 7) is 2.58. The second-order valence-electron chi connectivity index (χ2n) is 3.77. The highest BCUT2D eigenvalue weighted by Crippen LogP contribution is 1.98. The molecule has 2 N–H and O–H groups in total. The van der Waals surface area contributed by atoms with E-state index in [9.17, 15) is 16.8 Å². The zero-order valence-electron chi connectivity index (χ0n) is 9.74. The van der Waals surface area contributed by atoms with Gasteiger partial charge in [0, 0.05) is 13.1 Å². The Morgan fingerprint density at radius 2 is 1.29 bits per heavy atom. The van der Waals surface area contributed by atoms with Gasteiger partial charge in [-0.05, 0) is 13.0 Å². The van der Waals surface area contributed by atoms with E-state index >= 15 is 0 Å². The Bertz CT molecular complexity index is 366. The van der Waals surface area contributed by atoms with E-state index in [1.54, 1.807) is 4.90 Å². The summed E-state index contributed by atoms with van der Waals surface area (Å²) in [5.74, 6) is -0.885. The van der Waals surface area contributed by atoms with Crippen LogP contribution < -0.4 is 0 Å². The molecule has 0 saturated carbocycles. The molecule has 0 aliphatic carbocycles.